The highest BCUT2D eigenvalue weighted by Gasteiger charge is 2.33. The number of methoxy groups -OCH3 is 1. The van der Waals surface area contributed by atoms with Gasteiger partial charge in [0.05, 0.1) is 35.8 Å². The van der Waals surface area contributed by atoms with Gasteiger partial charge in [0.25, 0.3) is 11.6 Å². The maximum Gasteiger partial charge on any atom is 0.270 e. The number of morpholine rings is 1. The van der Waals surface area contributed by atoms with E-state index in [0.717, 1.165) is 11.4 Å². The lowest BCUT2D eigenvalue weighted by molar-refractivity contribution is -0.384. The molecule has 2 heterocycles. The number of carbonyl (C=O) groups excluding carboxylic acids is 1. The van der Waals surface area contributed by atoms with Crippen molar-refractivity contribution in [1.82, 2.24) is 4.90 Å². The van der Waals surface area contributed by atoms with Crippen LogP contribution < -0.4 is 9.64 Å². The molecule has 2 aromatic carbocycles. The Morgan fingerprint density at radius 1 is 1.21 bits per heavy atom. The molecule has 0 radical (unpaired) electrons. The van der Waals surface area contributed by atoms with Crippen LogP contribution in [0.5, 0.6) is 5.75 Å². The van der Waals surface area contributed by atoms with E-state index in [-0.39, 0.29) is 11.6 Å². The number of aliphatic imine (C=N–C) groups is 1. The molecular weight excluding hydrogens is 444 g/mol. The maximum atomic E-state index is 13.1. The zero-order chi connectivity index (χ0) is 23.4. The van der Waals surface area contributed by atoms with Crippen LogP contribution in [0.1, 0.15) is 12.5 Å². The van der Waals surface area contributed by atoms with Gasteiger partial charge in [-0.3, -0.25) is 19.8 Å². The van der Waals surface area contributed by atoms with E-state index < -0.39 is 4.92 Å². The van der Waals surface area contributed by atoms with Crippen molar-refractivity contribution in [1.29, 1.82) is 0 Å². The van der Waals surface area contributed by atoms with Crippen LogP contribution in [0, 0.1) is 10.1 Å². The Hall–Kier alpha value is -3.37. The van der Waals surface area contributed by atoms with E-state index >= 15 is 0 Å². The van der Waals surface area contributed by atoms with Crippen molar-refractivity contribution in [3.05, 3.63) is 63.0 Å². The molecule has 10 heteroatoms. The Labute approximate surface area is 195 Å². The number of amidine groups is 1. The normalized spacial score (nSPS) is 18.9. The number of hydrogen-bond donors (Lipinski definition) is 0. The van der Waals surface area contributed by atoms with Gasteiger partial charge in [0, 0.05) is 43.0 Å². The minimum absolute atomic E-state index is 0.0197. The lowest BCUT2D eigenvalue weighted by atomic mass is 10.1. The zero-order valence-electron chi connectivity index (χ0n) is 18.4. The molecule has 0 spiro atoms. The Morgan fingerprint density at radius 3 is 2.58 bits per heavy atom. The third kappa shape index (κ3) is 5.01. The van der Waals surface area contributed by atoms with Crippen LogP contribution in [-0.4, -0.2) is 60.9 Å². The van der Waals surface area contributed by atoms with Gasteiger partial charge in [-0.25, -0.2) is 4.99 Å². The van der Waals surface area contributed by atoms with Crippen LogP contribution in [-0.2, 0) is 9.53 Å². The molecule has 0 aliphatic carbocycles. The van der Waals surface area contributed by atoms with Gasteiger partial charge < -0.3 is 14.4 Å². The third-order valence-corrected chi connectivity index (χ3v) is 6.37. The second kappa shape index (κ2) is 10.1. The van der Waals surface area contributed by atoms with Crippen molar-refractivity contribution in [3.8, 4) is 5.75 Å². The van der Waals surface area contributed by atoms with E-state index in [0.29, 0.717) is 54.2 Å². The first-order chi connectivity index (χ1) is 16.0. The van der Waals surface area contributed by atoms with E-state index in [4.69, 9.17) is 9.47 Å². The topological polar surface area (TPSA) is 97.5 Å². The first-order valence-corrected chi connectivity index (χ1v) is 11.4. The van der Waals surface area contributed by atoms with Crippen LogP contribution in [0.15, 0.2) is 52.4 Å². The number of rotatable bonds is 6. The number of benzene rings is 2. The predicted molar refractivity (Wildman–Crippen MR) is 129 cm³/mol. The van der Waals surface area contributed by atoms with Gasteiger partial charge in [0.2, 0.25) is 0 Å². The van der Waals surface area contributed by atoms with E-state index in [1.54, 1.807) is 24.2 Å². The van der Waals surface area contributed by atoms with Crippen molar-refractivity contribution in [3.63, 3.8) is 0 Å². The molecule has 172 valence electrons. The Kier molecular flexibility index (Phi) is 6.95. The summed E-state index contributed by atoms with van der Waals surface area (Å²) in [6.07, 6.45) is 1.73. The van der Waals surface area contributed by atoms with Gasteiger partial charge in [-0.15, -0.1) is 0 Å². The first-order valence-electron chi connectivity index (χ1n) is 10.6. The number of thioether (sulfide) groups is 1. The van der Waals surface area contributed by atoms with Crippen molar-refractivity contribution in [2.24, 2.45) is 4.99 Å². The second-order valence-corrected chi connectivity index (χ2v) is 8.36. The fourth-order valence-corrected chi connectivity index (χ4v) is 4.70. The summed E-state index contributed by atoms with van der Waals surface area (Å²) < 4.78 is 10.6. The summed E-state index contributed by atoms with van der Waals surface area (Å²) in [5.41, 5.74) is 2.15. The number of hydrogen-bond acceptors (Lipinski definition) is 8. The average Bonchev–Trinajstić information content (AvgIpc) is 3.13. The largest absolute Gasteiger partial charge is 0.497 e. The number of carbonyl (C=O) groups is 1. The van der Waals surface area contributed by atoms with Crippen molar-refractivity contribution < 1.29 is 19.2 Å². The number of ether oxygens (including phenoxy) is 2. The number of non-ortho nitro benzene ring substituents is 1. The number of amides is 1. The lowest BCUT2D eigenvalue weighted by Crippen LogP contribution is -2.36. The smallest absolute Gasteiger partial charge is 0.270 e. The molecule has 4 rings (SSSR count). The summed E-state index contributed by atoms with van der Waals surface area (Å²) in [4.78, 5) is 32.9. The minimum atomic E-state index is -0.427. The summed E-state index contributed by atoms with van der Waals surface area (Å²) in [6, 6.07) is 12.0. The quantitative estimate of drug-likeness (QED) is 0.358. The predicted octanol–water partition coefficient (Wildman–Crippen LogP) is 4.06. The fraction of sp³-hybridized carbons (Fsp3) is 0.304. The molecule has 0 unspecified atom stereocenters. The van der Waals surface area contributed by atoms with Crippen molar-refractivity contribution in [2.45, 2.75) is 6.92 Å². The molecule has 0 aromatic heterocycles. The molecule has 0 N–H and O–H groups in total. The van der Waals surface area contributed by atoms with Gasteiger partial charge in [-0.2, -0.15) is 0 Å². The summed E-state index contributed by atoms with van der Waals surface area (Å²) in [7, 11) is 1.60. The minimum Gasteiger partial charge on any atom is -0.497 e. The number of anilines is 1. The molecule has 33 heavy (non-hydrogen) atoms. The van der Waals surface area contributed by atoms with Gasteiger partial charge >= 0.3 is 0 Å². The number of nitro groups is 1. The van der Waals surface area contributed by atoms with E-state index in [2.05, 4.69) is 9.89 Å². The molecule has 9 nitrogen and oxygen atoms in total. The molecule has 2 fully saturated rings. The summed E-state index contributed by atoms with van der Waals surface area (Å²) in [6.45, 7) is 4.88. The first kappa shape index (κ1) is 22.8. The molecule has 2 aliphatic rings. The van der Waals surface area contributed by atoms with Crippen LogP contribution in [0.4, 0.5) is 17.1 Å². The van der Waals surface area contributed by atoms with Crippen molar-refractivity contribution in [2.75, 3.05) is 44.9 Å². The summed E-state index contributed by atoms with van der Waals surface area (Å²) in [5.74, 6) is 0.553. The Balaban J connectivity index is 1.70. The zero-order valence-corrected chi connectivity index (χ0v) is 19.2. The molecule has 2 aliphatic heterocycles. The highest BCUT2D eigenvalue weighted by Crippen LogP contribution is 2.37. The van der Waals surface area contributed by atoms with Gasteiger partial charge in [-0.05, 0) is 55.1 Å². The molecule has 1 amide bonds. The number of nitrogens with zero attached hydrogens (tertiary/aromatic N) is 4. The van der Waals surface area contributed by atoms with E-state index in [9.17, 15) is 14.9 Å². The Bertz CT molecular complexity index is 1110. The molecule has 0 atom stereocenters. The van der Waals surface area contributed by atoms with Crippen molar-refractivity contribution >= 4 is 46.0 Å². The van der Waals surface area contributed by atoms with Crippen LogP contribution in [0.25, 0.3) is 6.08 Å². The molecule has 2 saturated heterocycles. The van der Waals surface area contributed by atoms with Crippen LogP contribution >= 0.6 is 11.8 Å². The fourth-order valence-electron chi connectivity index (χ4n) is 3.64. The van der Waals surface area contributed by atoms with Crippen LogP contribution in [0.2, 0.25) is 0 Å². The van der Waals surface area contributed by atoms with Gasteiger partial charge in [-0.1, -0.05) is 0 Å². The van der Waals surface area contributed by atoms with E-state index in [1.807, 2.05) is 31.2 Å². The Morgan fingerprint density at radius 2 is 1.94 bits per heavy atom. The summed E-state index contributed by atoms with van der Waals surface area (Å²) >= 11 is 1.26. The SMILES string of the molecule is CCN1C(=O)/C(=C/c2cc([N+](=O)[O-])ccc2N2CCOCC2)SC1=Nc1ccc(OC)cc1. The standard InChI is InChI=1S/C23H24N4O5S/c1-3-26-22(28)21(33-23(26)24-17-4-7-19(31-2)8-5-17)15-16-14-18(27(29)30)6-9-20(16)25-10-12-32-13-11-25/h4-9,14-15H,3,10-13H2,1-2H3/b21-15-,24-23?. The number of likely N-dealkylation sites (N-methyl/N-ethyl adjacent to an activating group) is 1. The lowest BCUT2D eigenvalue weighted by Gasteiger charge is -2.30. The molecule has 0 saturated carbocycles. The maximum absolute atomic E-state index is 13.1. The van der Waals surface area contributed by atoms with Crippen LogP contribution in [0.3, 0.4) is 0 Å². The molecule has 0 bridgehead atoms. The average molecular weight is 469 g/mol. The number of nitro benzene ring substituents is 1. The second-order valence-electron chi connectivity index (χ2n) is 7.35. The monoisotopic (exact) mass is 468 g/mol. The van der Waals surface area contributed by atoms with E-state index in [1.165, 1.54) is 23.9 Å². The highest BCUT2D eigenvalue weighted by atomic mass is 32.2. The van der Waals surface area contributed by atoms with Gasteiger partial charge in [0.1, 0.15) is 5.75 Å². The molecular formula is C23H24N4O5S. The third-order valence-electron chi connectivity index (χ3n) is 5.36. The summed E-state index contributed by atoms with van der Waals surface area (Å²) in [5, 5.41) is 12.0. The van der Waals surface area contributed by atoms with Gasteiger partial charge in [0.15, 0.2) is 5.17 Å². The highest BCUT2D eigenvalue weighted by molar-refractivity contribution is 8.18. The molecule has 2 aromatic rings.